The van der Waals surface area contributed by atoms with Crippen LogP contribution in [0.1, 0.15) is 51.6 Å². The zero-order valence-corrected chi connectivity index (χ0v) is 20.1. The average molecular weight is 469 g/mol. The lowest BCUT2D eigenvalue weighted by molar-refractivity contribution is -0.0516. The Balaban J connectivity index is 1.68. The van der Waals surface area contributed by atoms with Gasteiger partial charge in [0.1, 0.15) is 5.82 Å². The number of rotatable bonds is 4. The van der Waals surface area contributed by atoms with Crippen molar-refractivity contribution in [3.8, 4) is 5.69 Å². The third-order valence-electron chi connectivity index (χ3n) is 7.11. The molecule has 2 amide bonds. The van der Waals surface area contributed by atoms with Gasteiger partial charge in [0.15, 0.2) is 0 Å². The van der Waals surface area contributed by atoms with Gasteiger partial charge in [0.05, 0.1) is 17.1 Å². The van der Waals surface area contributed by atoms with E-state index < -0.39 is 5.54 Å². The predicted molar refractivity (Wildman–Crippen MR) is 130 cm³/mol. The highest BCUT2D eigenvalue weighted by Gasteiger charge is 2.54. The number of carbonyl (C=O) groups excluding carboxylic acids is 1. The van der Waals surface area contributed by atoms with Crippen LogP contribution in [-0.2, 0) is 0 Å². The molecule has 0 bridgehead atoms. The number of aromatic nitrogens is 1. The second-order valence-corrected chi connectivity index (χ2v) is 9.98. The molecular weight excluding hydrogens is 439 g/mol. The molecule has 3 aromatic rings. The minimum atomic E-state index is -0.450. The molecule has 1 atom stereocenters. The minimum Gasteiger partial charge on any atom is -0.316 e. The first-order chi connectivity index (χ1) is 15.8. The van der Waals surface area contributed by atoms with Crippen LogP contribution in [0.2, 0.25) is 5.02 Å². The Labute approximate surface area is 199 Å². The monoisotopic (exact) mass is 468 g/mol. The number of carbonyl (C=O) groups is 1. The van der Waals surface area contributed by atoms with Gasteiger partial charge >= 0.3 is 6.03 Å². The Kier molecular flexibility index (Phi) is 5.61. The van der Waals surface area contributed by atoms with E-state index in [1.54, 1.807) is 12.1 Å². The van der Waals surface area contributed by atoms with E-state index in [1.165, 1.54) is 18.6 Å². The highest BCUT2D eigenvalue weighted by atomic mass is 35.5. The molecule has 33 heavy (non-hydrogen) atoms. The normalized spacial score (nSPS) is 21.4. The van der Waals surface area contributed by atoms with Crippen LogP contribution in [0, 0.1) is 5.82 Å². The first-order valence-corrected chi connectivity index (χ1v) is 12.1. The van der Waals surface area contributed by atoms with Gasteiger partial charge in [-0.15, -0.1) is 0 Å². The SMILES string of the molecule is CCN1C(=O)N(N2CCCCC2)C(C)(C)C1c1cn(-c2ccc(F)cc2)c2ccc(Cl)cc12. The summed E-state index contributed by atoms with van der Waals surface area (Å²) < 4.78 is 15.7. The summed E-state index contributed by atoms with van der Waals surface area (Å²) in [4.78, 5) is 15.7. The number of benzene rings is 2. The summed E-state index contributed by atoms with van der Waals surface area (Å²) in [6.07, 6.45) is 5.52. The Morgan fingerprint density at radius 3 is 2.42 bits per heavy atom. The fourth-order valence-corrected chi connectivity index (χ4v) is 5.84. The van der Waals surface area contributed by atoms with Gasteiger partial charge in [-0.05, 0) is 76.1 Å². The smallest absolute Gasteiger partial charge is 0.316 e. The lowest BCUT2D eigenvalue weighted by atomic mass is 9.88. The third kappa shape index (κ3) is 3.60. The zero-order valence-electron chi connectivity index (χ0n) is 19.4. The lowest BCUT2D eigenvalue weighted by Crippen LogP contribution is -2.55. The Hall–Kier alpha value is -2.57. The molecule has 0 N–H and O–H groups in total. The second kappa shape index (κ2) is 8.33. The number of halogens is 2. The number of nitrogens with zero attached hydrogens (tertiary/aromatic N) is 4. The summed E-state index contributed by atoms with van der Waals surface area (Å²) in [5, 5.41) is 5.89. The molecule has 0 aliphatic carbocycles. The van der Waals surface area contributed by atoms with Gasteiger partial charge in [-0.25, -0.2) is 19.2 Å². The summed E-state index contributed by atoms with van der Waals surface area (Å²) in [5.74, 6) is -0.268. The summed E-state index contributed by atoms with van der Waals surface area (Å²) >= 11 is 6.44. The minimum absolute atomic E-state index is 0.0547. The van der Waals surface area contributed by atoms with Crippen LogP contribution in [0.5, 0.6) is 0 Å². The topological polar surface area (TPSA) is 31.7 Å². The molecule has 2 saturated heterocycles. The maximum atomic E-state index is 13.7. The number of likely N-dealkylation sites (N-methyl/N-ethyl adjacent to an activating group) is 1. The third-order valence-corrected chi connectivity index (χ3v) is 7.34. The largest absolute Gasteiger partial charge is 0.335 e. The van der Waals surface area contributed by atoms with Gasteiger partial charge in [0.25, 0.3) is 0 Å². The molecule has 1 aromatic heterocycles. The van der Waals surface area contributed by atoms with Crippen molar-refractivity contribution in [2.24, 2.45) is 0 Å². The first kappa shape index (κ1) is 22.2. The second-order valence-electron chi connectivity index (χ2n) is 9.54. The van der Waals surface area contributed by atoms with Crippen LogP contribution in [0.3, 0.4) is 0 Å². The summed E-state index contributed by atoms with van der Waals surface area (Å²) in [5.41, 5.74) is 2.45. The van der Waals surface area contributed by atoms with Crippen LogP contribution < -0.4 is 0 Å². The van der Waals surface area contributed by atoms with Gasteiger partial charge in [-0.2, -0.15) is 0 Å². The average Bonchev–Trinajstić information content (AvgIpc) is 3.25. The van der Waals surface area contributed by atoms with Crippen molar-refractivity contribution in [2.45, 2.75) is 51.6 Å². The van der Waals surface area contributed by atoms with Gasteiger partial charge in [0.2, 0.25) is 0 Å². The Morgan fingerprint density at radius 1 is 1.06 bits per heavy atom. The van der Waals surface area contributed by atoms with Crippen molar-refractivity contribution in [2.75, 3.05) is 19.6 Å². The Morgan fingerprint density at radius 2 is 1.76 bits per heavy atom. The van der Waals surface area contributed by atoms with Crippen molar-refractivity contribution in [3.63, 3.8) is 0 Å². The molecule has 0 saturated carbocycles. The van der Waals surface area contributed by atoms with Crippen molar-refractivity contribution in [1.29, 1.82) is 0 Å². The maximum absolute atomic E-state index is 13.7. The summed E-state index contributed by atoms with van der Waals surface area (Å²) in [6.45, 7) is 8.77. The van der Waals surface area contributed by atoms with Crippen molar-refractivity contribution < 1.29 is 9.18 Å². The number of hydrazine groups is 1. The van der Waals surface area contributed by atoms with E-state index in [-0.39, 0.29) is 17.9 Å². The molecule has 5 rings (SSSR count). The van der Waals surface area contributed by atoms with Crippen LogP contribution in [0.25, 0.3) is 16.6 Å². The number of piperidine rings is 1. The Bertz CT molecular complexity index is 1180. The first-order valence-electron chi connectivity index (χ1n) is 11.7. The number of amides is 2. The van der Waals surface area contributed by atoms with E-state index in [9.17, 15) is 9.18 Å². The van der Waals surface area contributed by atoms with Gasteiger partial charge < -0.3 is 9.47 Å². The van der Waals surface area contributed by atoms with E-state index in [0.29, 0.717) is 11.6 Å². The zero-order chi connectivity index (χ0) is 23.3. The molecule has 0 radical (unpaired) electrons. The standard InChI is InChI=1S/C26H30ClFN4O/c1-4-30-24(26(2,3)32(25(30)33)29-14-6-5-7-15-29)22-17-31(20-11-9-19(28)10-12-20)23-13-8-18(27)16-21(22)23/h8-13,16-17,24H,4-7,14-15H2,1-3H3. The van der Waals surface area contributed by atoms with E-state index in [4.69, 9.17) is 11.6 Å². The van der Waals surface area contributed by atoms with Crippen molar-refractivity contribution >= 4 is 28.5 Å². The van der Waals surface area contributed by atoms with Gasteiger partial charge in [-0.1, -0.05) is 18.0 Å². The summed E-state index contributed by atoms with van der Waals surface area (Å²) in [6, 6.07) is 12.2. The molecule has 1 unspecified atom stereocenters. The molecule has 2 aliphatic rings. The van der Waals surface area contributed by atoms with Crippen LogP contribution in [-0.4, -0.2) is 50.7 Å². The number of fused-ring (bicyclic) bond motifs is 1. The van der Waals surface area contributed by atoms with Crippen LogP contribution >= 0.6 is 11.6 Å². The van der Waals surface area contributed by atoms with Gasteiger partial charge in [-0.3, -0.25) is 0 Å². The van der Waals surface area contributed by atoms with Gasteiger partial charge in [0, 0.05) is 47.5 Å². The van der Waals surface area contributed by atoms with Crippen molar-refractivity contribution in [3.05, 3.63) is 65.1 Å². The predicted octanol–water partition coefficient (Wildman–Crippen LogP) is 6.40. The number of hydrogen-bond acceptors (Lipinski definition) is 2. The molecule has 2 fully saturated rings. The molecular formula is C26H30ClFN4O. The van der Waals surface area contributed by atoms with E-state index >= 15 is 0 Å². The molecule has 7 heteroatoms. The highest BCUT2D eigenvalue weighted by molar-refractivity contribution is 6.31. The molecule has 2 aliphatic heterocycles. The molecule has 2 aromatic carbocycles. The summed E-state index contributed by atoms with van der Waals surface area (Å²) in [7, 11) is 0. The van der Waals surface area contributed by atoms with E-state index in [0.717, 1.165) is 48.1 Å². The molecule has 0 spiro atoms. The molecule has 3 heterocycles. The molecule has 174 valence electrons. The fourth-order valence-electron chi connectivity index (χ4n) is 5.67. The maximum Gasteiger partial charge on any atom is 0.335 e. The highest BCUT2D eigenvalue weighted by Crippen LogP contribution is 2.47. The lowest BCUT2D eigenvalue weighted by Gasteiger charge is -2.42. The van der Waals surface area contributed by atoms with E-state index in [2.05, 4.69) is 29.6 Å². The van der Waals surface area contributed by atoms with Crippen molar-refractivity contribution in [1.82, 2.24) is 19.5 Å². The van der Waals surface area contributed by atoms with Crippen LogP contribution in [0.4, 0.5) is 9.18 Å². The number of urea groups is 1. The molecule has 5 nitrogen and oxygen atoms in total. The fraction of sp³-hybridized carbons (Fsp3) is 0.423. The van der Waals surface area contributed by atoms with E-state index in [1.807, 2.05) is 35.0 Å². The van der Waals surface area contributed by atoms with Crippen LogP contribution in [0.15, 0.2) is 48.7 Å². The quantitative estimate of drug-likeness (QED) is 0.443. The number of hydrogen-bond donors (Lipinski definition) is 0.